The lowest BCUT2D eigenvalue weighted by molar-refractivity contribution is 0.102. The summed E-state index contributed by atoms with van der Waals surface area (Å²) in [5.74, 6) is 0.413. The number of methoxy groups -OCH3 is 1. The molecule has 0 bridgehead atoms. The van der Waals surface area contributed by atoms with E-state index < -0.39 is 0 Å². The van der Waals surface area contributed by atoms with Crippen LogP contribution in [0.4, 0.5) is 10.8 Å². The molecule has 0 saturated carbocycles. The van der Waals surface area contributed by atoms with Crippen LogP contribution in [0.3, 0.4) is 0 Å². The van der Waals surface area contributed by atoms with Crippen molar-refractivity contribution < 1.29 is 9.53 Å². The zero-order chi connectivity index (χ0) is 17.3. The first-order valence-corrected chi connectivity index (χ1v) is 8.41. The van der Waals surface area contributed by atoms with Crippen LogP contribution in [-0.2, 0) is 0 Å². The van der Waals surface area contributed by atoms with Gasteiger partial charge in [0.05, 0.1) is 16.8 Å². The molecule has 0 aliphatic rings. The highest BCUT2D eigenvalue weighted by Crippen LogP contribution is 2.37. The van der Waals surface area contributed by atoms with Gasteiger partial charge in [0, 0.05) is 25.3 Å². The maximum atomic E-state index is 12.4. The summed E-state index contributed by atoms with van der Waals surface area (Å²) >= 11 is 7.52. The van der Waals surface area contributed by atoms with Crippen LogP contribution in [0.5, 0.6) is 5.75 Å². The van der Waals surface area contributed by atoms with Gasteiger partial charge < -0.3 is 9.64 Å². The van der Waals surface area contributed by atoms with Gasteiger partial charge in [-0.1, -0.05) is 22.9 Å². The first kappa shape index (κ1) is 16.5. The van der Waals surface area contributed by atoms with Crippen molar-refractivity contribution in [3.05, 3.63) is 47.0 Å². The van der Waals surface area contributed by atoms with Gasteiger partial charge in [-0.15, -0.1) is 0 Å². The van der Waals surface area contributed by atoms with Crippen LogP contribution in [0.1, 0.15) is 10.4 Å². The fraction of sp³-hybridized carbons (Fsp3) is 0.176. The van der Waals surface area contributed by atoms with E-state index in [1.807, 2.05) is 31.1 Å². The number of carbonyl (C=O) groups is 1. The molecule has 1 aromatic heterocycles. The largest absolute Gasteiger partial charge is 0.494 e. The molecule has 0 spiro atoms. The first-order valence-electron chi connectivity index (χ1n) is 7.21. The lowest BCUT2D eigenvalue weighted by atomic mass is 10.2. The minimum Gasteiger partial charge on any atom is -0.494 e. The van der Waals surface area contributed by atoms with Crippen molar-refractivity contribution in [2.45, 2.75) is 0 Å². The number of fused-ring (bicyclic) bond motifs is 1. The van der Waals surface area contributed by atoms with Gasteiger partial charge in [0.1, 0.15) is 11.3 Å². The molecule has 2 aromatic carbocycles. The number of benzene rings is 2. The fourth-order valence-electron chi connectivity index (χ4n) is 2.25. The van der Waals surface area contributed by atoms with E-state index in [0.717, 1.165) is 10.4 Å². The van der Waals surface area contributed by atoms with E-state index in [1.54, 1.807) is 31.4 Å². The molecule has 24 heavy (non-hydrogen) atoms. The van der Waals surface area contributed by atoms with Gasteiger partial charge in [0.15, 0.2) is 5.13 Å². The third kappa shape index (κ3) is 3.16. The van der Waals surface area contributed by atoms with Gasteiger partial charge in [-0.3, -0.25) is 10.1 Å². The highest BCUT2D eigenvalue weighted by molar-refractivity contribution is 7.23. The van der Waals surface area contributed by atoms with E-state index >= 15 is 0 Å². The molecule has 1 heterocycles. The molecule has 0 unspecified atom stereocenters. The summed E-state index contributed by atoms with van der Waals surface area (Å²) in [5, 5.41) is 3.88. The first-order chi connectivity index (χ1) is 11.5. The summed E-state index contributed by atoms with van der Waals surface area (Å²) in [5.41, 5.74) is 2.24. The number of amides is 1. The number of carbonyl (C=O) groups excluding carboxylic acids is 1. The van der Waals surface area contributed by atoms with Crippen molar-refractivity contribution in [3.63, 3.8) is 0 Å². The number of thiazole rings is 1. The van der Waals surface area contributed by atoms with Crippen LogP contribution in [-0.4, -0.2) is 32.1 Å². The molecule has 124 valence electrons. The standard InChI is InChI=1S/C17H16ClN3O2S/c1-21(2)11-6-4-10(5-7-11)16(22)20-17-19-14-13(23-3)9-8-12(18)15(14)24-17/h4-9H,1-3H3,(H,19,20,22). The monoisotopic (exact) mass is 361 g/mol. The SMILES string of the molecule is COc1ccc(Cl)c2sc(NC(=O)c3ccc(N(C)C)cc3)nc12. The third-order valence-electron chi connectivity index (χ3n) is 3.54. The molecule has 0 saturated heterocycles. The molecule has 3 aromatic rings. The number of rotatable bonds is 4. The number of aromatic nitrogens is 1. The lowest BCUT2D eigenvalue weighted by Gasteiger charge is -2.12. The molecular formula is C17H16ClN3O2S. The van der Waals surface area contributed by atoms with E-state index in [4.69, 9.17) is 16.3 Å². The molecule has 3 rings (SSSR count). The molecule has 1 N–H and O–H groups in total. The van der Waals surface area contributed by atoms with E-state index in [1.165, 1.54) is 11.3 Å². The zero-order valence-corrected chi connectivity index (χ0v) is 15.0. The Morgan fingerprint density at radius 3 is 2.54 bits per heavy atom. The normalized spacial score (nSPS) is 10.7. The second-order valence-electron chi connectivity index (χ2n) is 5.34. The summed E-state index contributed by atoms with van der Waals surface area (Å²) in [6, 6.07) is 10.9. The molecule has 0 aliphatic heterocycles. The van der Waals surface area contributed by atoms with Crippen molar-refractivity contribution in [1.29, 1.82) is 0 Å². The molecule has 0 aliphatic carbocycles. The van der Waals surface area contributed by atoms with E-state index in [2.05, 4.69) is 10.3 Å². The summed E-state index contributed by atoms with van der Waals surface area (Å²) in [6.45, 7) is 0. The quantitative estimate of drug-likeness (QED) is 0.753. The molecule has 7 heteroatoms. The number of nitrogens with zero attached hydrogens (tertiary/aromatic N) is 2. The molecule has 0 atom stereocenters. The Labute approximate surface area is 148 Å². The van der Waals surface area contributed by atoms with Crippen molar-refractivity contribution >= 4 is 49.9 Å². The summed E-state index contributed by atoms with van der Waals surface area (Å²) in [6.07, 6.45) is 0. The molecule has 0 radical (unpaired) electrons. The number of nitrogens with one attached hydrogen (secondary N) is 1. The maximum Gasteiger partial charge on any atom is 0.257 e. The Bertz CT molecular complexity index is 891. The Balaban J connectivity index is 1.86. The number of ether oxygens (including phenoxy) is 1. The minimum atomic E-state index is -0.213. The fourth-order valence-corrected chi connectivity index (χ4v) is 3.40. The smallest absolute Gasteiger partial charge is 0.257 e. The van der Waals surface area contributed by atoms with Crippen molar-refractivity contribution in [2.75, 3.05) is 31.4 Å². The maximum absolute atomic E-state index is 12.4. The number of hydrogen-bond acceptors (Lipinski definition) is 5. The summed E-state index contributed by atoms with van der Waals surface area (Å²) in [4.78, 5) is 18.8. The zero-order valence-electron chi connectivity index (χ0n) is 13.5. The molecular weight excluding hydrogens is 346 g/mol. The second-order valence-corrected chi connectivity index (χ2v) is 6.75. The van der Waals surface area contributed by atoms with E-state index in [-0.39, 0.29) is 5.91 Å². The van der Waals surface area contributed by atoms with Crippen molar-refractivity contribution in [1.82, 2.24) is 4.98 Å². The Morgan fingerprint density at radius 1 is 1.21 bits per heavy atom. The molecule has 0 fully saturated rings. The van der Waals surface area contributed by atoms with Gasteiger partial charge in [-0.25, -0.2) is 4.98 Å². The lowest BCUT2D eigenvalue weighted by Crippen LogP contribution is -2.13. The summed E-state index contributed by atoms with van der Waals surface area (Å²) in [7, 11) is 5.48. The molecule has 1 amide bonds. The predicted octanol–water partition coefficient (Wildman–Crippen LogP) is 4.28. The van der Waals surface area contributed by atoms with Gasteiger partial charge in [-0.2, -0.15) is 0 Å². The van der Waals surface area contributed by atoms with Gasteiger partial charge in [0.2, 0.25) is 0 Å². The van der Waals surface area contributed by atoms with Gasteiger partial charge in [-0.05, 0) is 36.4 Å². The van der Waals surface area contributed by atoms with Crippen LogP contribution >= 0.6 is 22.9 Å². The van der Waals surface area contributed by atoms with Gasteiger partial charge in [0.25, 0.3) is 5.91 Å². The van der Waals surface area contributed by atoms with Crippen molar-refractivity contribution in [3.8, 4) is 5.75 Å². The predicted molar refractivity (Wildman–Crippen MR) is 99.9 cm³/mol. The second kappa shape index (κ2) is 6.67. The third-order valence-corrected chi connectivity index (χ3v) is 4.98. The van der Waals surface area contributed by atoms with Crippen LogP contribution < -0.4 is 15.0 Å². The Kier molecular flexibility index (Phi) is 4.59. The van der Waals surface area contributed by atoms with Crippen molar-refractivity contribution in [2.24, 2.45) is 0 Å². The number of halogens is 1. The van der Waals surface area contributed by atoms with Crippen LogP contribution in [0.15, 0.2) is 36.4 Å². The van der Waals surface area contributed by atoms with Crippen LogP contribution in [0, 0.1) is 0 Å². The molecule has 5 nitrogen and oxygen atoms in total. The Morgan fingerprint density at radius 2 is 1.92 bits per heavy atom. The topological polar surface area (TPSA) is 54.5 Å². The average Bonchev–Trinajstić information content (AvgIpc) is 3.00. The number of hydrogen-bond donors (Lipinski definition) is 1. The number of anilines is 2. The Hall–Kier alpha value is -2.31. The minimum absolute atomic E-state index is 0.213. The van der Waals surface area contributed by atoms with Crippen LogP contribution in [0.25, 0.3) is 10.2 Å². The highest BCUT2D eigenvalue weighted by Gasteiger charge is 2.14. The summed E-state index contributed by atoms with van der Waals surface area (Å²) < 4.78 is 6.08. The van der Waals surface area contributed by atoms with E-state index in [9.17, 15) is 4.79 Å². The van der Waals surface area contributed by atoms with E-state index in [0.29, 0.717) is 27.0 Å². The van der Waals surface area contributed by atoms with Crippen LogP contribution in [0.2, 0.25) is 5.02 Å². The highest BCUT2D eigenvalue weighted by atomic mass is 35.5. The average molecular weight is 362 g/mol. The van der Waals surface area contributed by atoms with Gasteiger partial charge >= 0.3 is 0 Å².